The maximum absolute atomic E-state index is 4.39. The Hall–Kier alpha value is -0.710. The third-order valence-corrected chi connectivity index (χ3v) is 4.33. The fourth-order valence-corrected chi connectivity index (χ4v) is 3.28. The molecule has 2 aromatic heterocycles. The van der Waals surface area contributed by atoms with E-state index in [4.69, 9.17) is 0 Å². The Bertz CT molecular complexity index is 455. The van der Waals surface area contributed by atoms with E-state index in [1.807, 2.05) is 18.3 Å². The molecule has 2 rings (SSSR count). The minimum Gasteiger partial charge on any atom is -0.309 e. The molecule has 2 heterocycles. The average molecular weight is 311 g/mol. The Kier molecular flexibility index (Phi) is 4.71. The number of nitrogens with one attached hydrogen (secondary N) is 1. The Morgan fingerprint density at radius 1 is 1.47 bits per heavy atom. The normalized spacial score (nSPS) is 12.6. The summed E-state index contributed by atoms with van der Waals surface area (Å²) in [5, 5.41) is 5.63. The summed E-state index contributed by atoms with van der Waals surface area (Å²) in [5.41, 5.74) is 1.13. The molecule has 1 unspecified atom stereocenters. The first-order valence-electron chi connectivity index (χ1n) is 5.67. The molecule has 0 aliphatic carbocycles. The summed E-state index contributed by atoms with van der Waals surface area (Å²) in [6, 6.07) is 8.60. The van der Waals surface area contributed by atoms with Crippen LogP contribution in [0.15, 0.2) is 40.3 Å². The Balaban J connectivity index is 2.13. The monoisotopic (exact) mass is 310 g/mol. The number of thiophene rings is 1. The third kappa shape index (κ3) is 3.63. The lowest BCUT2D eigenvalue weighted by molar-refractivity contribution is 0.552. The summed E-state index contributed by atoms with van der Waals surface area (Å²) < 4.78 is 1.15. The van der Waals surface area contributed by atoms with Crippen LogP contribution in [-0.4, -0.2) is 11.5 Å². The molecule has 0 amide bonds. The third-order valence-electron chi connectivity index (χ3n) is 2.52. The van der Waals surface area contributed by atoms with Gasteiger partial charge in [0.2, 0.25) is 0 Å². The lowest BCUT2D eigenvalue weighted by Crippen LogP contribution is -2.22. The number of hydrogen-bond donors (Lipinski definition) is 1. The molecule has 0 saturated carbocycles. The van der Waals surface area contributed by atoms with Crippen molar-refractivity contribution in [3.8, 4) is 0 Å². The second-order valence-corrected chi connectivity index (χ2v) is 5.66. The van der Waals surface area contributed by atoms with Crippen molar-refractivity contribution in [2.45, 2.75) is 19.4 Å². The van der Waals surface area contributed by atoms with Crippen molar-refractivity contribution >= 4 is 27.3 Å². The number of likely N-dealkylation sites (N-methyl/N-ethyl adjacent to an activating group) is 1. The van der Waals surface area contributed by atoms with Gasteiger partial charge in [-0.25, -0.2) is 0 Å². The van der Waals surface area contributed by atoms with Crippen LogP contribution in [0.3, 0.4) is 0 Å². The molecule has 0 aliphatic rings. The lowest BCUT2D eigenvalue weighted by atomic mass is 10.1. The summed E-state index contributed by atoms with van der Waals surface area (Å²) in [4.78, 5) is 5.74. The summed E-state index contributed by atoms with van der Waals surface area (Å²) in [6.07, 6.45) is 2.78. The summed E-state index contributed by atoms with van der Waals surface area (Å²) >= 11 is 5.28. The molecule has 0 fully saturated rings. The first kappa shape index (κ1) is 12.7. The molecule has 0 spiro atoms. The Labute approximate surface area is 114 Å². The van der Waals surface area contributed by atoms with Gasteiger partial charge in [-0.2, -0.15) is 0 Å². The standard InChI is InChI=1S/C13H15BrN2S/c1-2-15-12(13-7-10(14)9-17-13)8-11-5-3-4-6-16-11/h3-7,9,12,15H,2,8H2,1H3. The molecule has 2 nitrogen and oxygen atoms in total. The largest absolute Gasteiger partial charge is 0.309 e. The topological polar surface area (TPSA) is 24.9 Å². The Morgan fingerprint density at radius 3 is 2.94 bits per heavy atom. The van der Waals surface area contributed by atoms with Crippen LogP contribution in [0.4, 0.5) is 0 Å². The van der Waals surface area contributed by atoms with Crippen LogP contribution in [-0.2, 0) is 6.42 Å². The number of rotatable bonds is 5. The van der Waals surface area contributed by atoms with Gasteiger partial charge in [-0.1, -0.05) is 13.0 Å². The fourth-order valence-electron chi connectivity index (χ4n) is 1.76. The summed E-state index contributed by atoms with van der Waals surface area (Å²) in [6.45, 7) is 3.10. The first-order valence-corrected chi connectivity index (χ1v) is 7.34. The molecule has 0 saturated heterocycles. The molecule has 17 heavy (non-hydrogen) atoms. The first-order chi connectivity index (χ1) is 8.29. The van der Waals surface area contributed by atoms with Crippen LogP contribution in [0.5, 0.6) is 0 Å². The molecule has 0 aromatic carbocycles. The van der Waals surface area contributed by atoms with Crippen LogP contribution >= 0.6 is 27.3 Å². The van der Waals surface area contributed by atoms with Crippen molar-refractivity contribution in [1.82, 2.24) is 10.3 Å². The van der Waals surface area contributed by atoms with Gasteiger partial charge >= 0.3 is 0 Å². The zero-order valence-electron chi connectivity index (χ0n) is 9.69. The van der Waals surface area contributed by atoms with E-state index in [9.17, 15) is 0 Å². The van der Waals surface area contributed by atoms with E-state index < -0.39 is 0 Å². The van der Waals surface area contributed by atoms with E-state index in [1.54, 1.807) is 11.3 Å². The smallest absolute Gasteiger partial charge is 0.0471 e. The molecule has 0 bridgehead atoms. The zero-order chi connectivity index (χ0) is 12.1. The lowest BCUT2D eigenvalue weighted by Gasteiger charge is -2.15. The molecule has 1 N–H and O–H groups in total. The highest BCUT2D eigenvalue weighted by molar-refractivity contribution is 9.10. The molecule has 1 atom stereocenters. The van der Waals surface area contributed by atoms with Crippen molar-refractivity contribution in [3.63, 3.8) is 0 Å². The molecule has 0 aliphatic heterocycles. The van der Waals surface area contributed by atoms with Crippen LogP contribution < -0.4 is 5.32 Å². The minimum absolute atomic E-state index is 0.353. The van der Waals surface area contributed by atoms with E-state index in [-0.39, 0.29) is 0 Å². The maximum atomic E-state index is 4.39. The molecular formula is C13H15BrN2S. The van der Waals surface area contributed by atoms with Crippen molar-refractivity contribution < 1.29 is 0 Å². The van der Waals surface area contributed by atoms with E-state index >= 15 is 0 Å². The highest BCUT2D eigenvalue weighted by Gasteiger charge is 2.13. The van der Waals surface area contributed by atoms with Crippen LogP contribution in [0.1, 0.15) is 23.5 Å². The van der Waals surface area contributed by atoms with Gasteiger partial charge in [-0.15, -0.1) is 11.3 Å². The van der Waals surface area contributed by atoms with Crippen molar-refractivity contribution in [3.05, 3.63) is 50.9 Å². The van der Waals surface area contributed by atoms with Crippen molar-refractivity contribution in [2.24, 2.45) is 0 Å². The second kappa shape index (κ2) is 6.28. The number of nitrogens with zero attached hydrogens (tertiary/aromatic N) is 1. The van der Waals surface area contributed by atoms with Gasteiger partial charge in [-0.3, -0.25) is 4.98 Å². The number of hydrogen-bond acceptors (Lipinski definition) is 3. The molecule has 0 radical (unpaired) electrons. The predicted octanol–water partition coefficient (Wildman–Crippen LogP) is 3.80. The maximum Gasteiger partial charge on any atom is 0.0471 e. The zero-order valence-corrected chi connectivity index (χ0v) is 12.1. The van der Waals surface area contributed by atoms with Gasteiger partial charge in [0.15, 0.2) is 0 Å². The quantitative estimate of drug-likeness (QED) is 0.908. The molecule has 4 heteroatoms. The minimum atomic E-state index is 0.353. The van der Waals surface area contributed by atoms with Gasteiger partial charge in [0.1, 0.15) is 0 Å². The van der Waals surface area contributed by atoms with Gasteiger partial charge in [0.25, 0.3) is 0 Å². The summed E-state index contributed by atoms with van der Waals surface area (Å²) in [5.74, 6) is 0. The van der Waals surface area contributed by atoms with Crippen molar-refractivity contribution in [1.29, 1.82) is 0 Å². The highest BCUT2D eigenvalue weighted by Crippen LogP contribution is 2.27. The fraction of sp³-hybridized carbons (Fsp3) is 0.308. The van der Waals surface area contributed by atoms with Crippen LogP contribution in [0.2, 0.25) is 0 Å². The van der Waals surface area contributed by atoms with Crippen LogP contribution in [0, 0.1) is 0 Å². The van der Waals surface area contributed by atoms with E-state index in [0.717, 1.165) is 23.1 Å². The van der Waals surface area contributed by atoms with Crippen molar-refractivity contribution in [2.75, 3.05) is 6.54 Å². The number of pyridine rings is 1. The van der Waals surface area contributed by atoms with E-state index in [1.165, 1.54) is 4.88 Å². The van der Waals surface area contributed by atoms with E-state index in [2.05, 4.69) is 50.7 Å². The molecule has 90 valence electrons. The van der Waals surface area contributed by atoms with Gasteiger partial charge in [-0.05, 0) is 40.7 Å². The van der Waals surface area contributed by atoms with Gasteiger partial charge in [0.05, 0.1) is 0 Å². The highest BCUT2D eigenvalue weighted by atomic mass is 79.9. The number of halogens is 1. The second-order valence-electron chi connectivity index (χ2n) is 3.80. The van der Waals surface area contributed by atoms with Crippen LogP contribution in [0.25, 0.3) is 0 Å². The SMILES string of the molecule is CCNC(Cc1ccccn1)c1cc(Br)cs1. The summed E-state index contributed by atoms with van der Waals surface area (Å²) in [7, 11) is 0. The number of aromatic nitrogens is 1. The Morgan fingerprint density at radius 2 is 2.35 bits per heavy atom. The average Bonchev–Trinajstić information content (AvgIpc) is 2.77. The molecular weight excluding hydrogens is 296 g/mol. The molecule has 2 aromatic rings. The van der Waals surface area contributed by atoms with Gasteiger partial charge in [0, 0.05) is 39.1 Å². The predicted molar refractivity (Wildman–Crippen MR) is 76.4 cm³/mol. The van der Waals surface area contributed by atoms with Gasteiger partial charge < -0.3 is 5.32 Å². The van der Waals surface area contributed by atoms with E-state index in [0.29, 0.717) is 6.04 Å².